The Kier molecular flexibility index (Phi) is 3.63. The minimum absolute atomic E-state index is 0.162. The number of carbonyl (C=O) groups excluding carboxylic acids is 1. The van der Waals surface area contributed by atoms with Gasteiger partial charge in [0.05, 0.1) is 7.11 Å². The Bertz CT molecular complexity index is 590. The van der Waals surface area contributed by atoms with Crippen LogP contribution in [0.1, 0.15) is 5.56 Å². The number of hydrogen-bond donors (Lipinski definition) is 1. The van der Waals surface area contributed by atoms with E-state index < -0.39 is 0 Å². The van der Waals surface area contributed by atoms with Gasteiger partial charge in [0.25, 0.3) is 0 Å². The van der Waals surface area contributed by atoms with Crippen LogP contribution in [-0.4, -0.2) is 13.0 Å². The van der Waals surface area contributed by atoms with Gasteiger partial charge in [0, 0.05) is 6.54 Å². The fourth-order valence-corrected chi connectivity index (χ4v) is 1.77. The molecule has 0 aliphatic heterocycles. The van der Waals surface area contributed by atoms with Crippen LogP contribution in [0.3, 0.4) is 0 Å². The maximum Gasteiger partial charge on any atom is 0.243 e. The van der Waals surface area contributed by atoms with Crippen LogP contribution in [0.5, 0.6) is 5.75 Å². The summed E-state index contributed by atoms with van der Waals surface area (Å²) in [5.74, 6) is 0.681. The zero-order valence-electron chi connectivity index (χ0n) is 10.3. The van der Waals surface area contributed by atoms with Gasteiger partial charge in [-0.3, -0.25) is 4.79 Å². The van der Waals surface area contributed by atoms with E-state index in [2.05, 4.69) is 18.0 Å². The van der Waals surface area contributed by atoms with Gasteiger partial charge in [-0.05, 0) is 40.6 Å². The number of methoxy groups -OCH3 is 1. The molecule has 3 nitrogen and oxygen atoms in total. The van der Waals surface area contributed by atoms with Crippen molar-refractivity contribution in [3.63, 3.8) is 0 Å². The van der Waals surface area contributed by atoms with Crippen molar-refractivity contribution in [3.8, 4) is 5.75 Å². The first-order valence-corrected chi connectivity index (χ1v) is 5.70. The van der Waals surface area contributed by atoms with Gasteiger partial charge in [0.1, 0.15) is 5.75 Å². The van der Waals surface area contributed by atoms with E-state index in [-0.39, 0.29) is 5.91 Å². The average molecular weight is 241 g/mol. The highest BCUT2D eigenvalue weighted by molar-refractivity contribution is 5.87. The van der Waals surface area contributed by atoms with E-state index in [9.17, 15) is 4.79 Å². The Morgan fingerprint density at radius 2 is 2.00 bits per heavy atom. The molecule has 2 aromatic carbocycles. The van der Waals surface area contributed by atoms with Gasteiger partial charge in [-0.25, -0.2) is 0 Å². The van der Waals surface area contributed by atoms with E-state index in [4.69, 9.17) is 4.74 Å². The summed E-state index contributed by atoms with van der Waals surface area (Å²) in [6, 6.07) is 12.0. The van der Waals surface area contributed by atoms with Gasteiger partial charge in [-0.15, -0.1) is 0 Å². The van der Waals surface area contributed by atoms with Crippen LogP contribution < -0.4 is 10.1 Å². The van der Waals surface area contributed by atoms with Crippen LogP contribution in [0.15, 0.2) is 49.1 Å². The lowest BCUT2D eigenvalue weighted by Gasteiger charge is -2.06. The van der Waals surface area contributed by atoms with Gasteiger partial charge in [0.2, 0.25) is 5.91 Å². The summed E-state index contributed by atoms with van der Waals surface area (Å²) in [5, 5.41) is 5.00. The van der Waals surface area contributed by atoms with Crippen LogP contribution in [0.4, 0.5) is 0 Å². The summed E-state index contributed by atoms with van der Waals surface area (Å²) < 4.78 is 5.18. The third-order valence-electron chi connectivity index (χ3n) is 2.76. The molecule has 18 heavy (non-hydrogen) atoms. The summed E-state index contributed by atoms with van der Waals surface area (Å²) in [5.41, 5.74) is 1.06. The van der Waals surface area contributed by atoms with Crippen molar-refractivity contribution in [2.75, 3.05) is 7.11 Å². The molecule has 1 N–H and O–H groups in total. The van der Waals surface area contributed by atoms with Crippen LogP contribution in [0.2, 0.25) is 0 Å². The Morgan fingerprint density at radius 1 is 1.28 bits per heavy atom. The molecule has 0 aromatic heterocycles. The van der Waals surface area contributed by atoms with E-state index in [0.29, 0.717) is 6.54 Å². The molecule has 0 bridgehead atoms. The highest BCUT2D eigenvalue weighted by Gasteiger charge is 2.00. The summed E-state index contributed by atoms with van der Waals surface area (Å²) in [6.07, 6.45) is 1.27. The molecular formula is C15H15NO2. The summed E-state index contributed by atoms with van der Waals surface area (Å²) in [4.78, 5) is 11.1. The number of nitrogens with one attached hydrogen (secondary N) is 1. The zero-order valence-corrected chi connectivity index (χ0v) is 10.3. The van der Waals surface area contributed by atoms with Crippen molar-refractivity contribution < 1.29 is 9.53 Å². The van der Waals surface area contributed by atoms with Gasteiger partial charge in [-0.2, -0.15) is 0 Å². The Hall–Kier alpha value is -2.29. The van der Waals surface area contributed by atoms with Gasteiger partial charge in [0.15, 0.2) is 0 Å². The SMILES string of the molecule is C=CC(=O)NCc1ccc2cc(OC)ccc2c1. The molecule has 0 atom stereocenters. The Labute approximate surface area is 106 Å². The van der Waals surface area contributed by atoms with E-state index in [0.717, 1.165) is 22.1 Å². The smallest absolute Gasteiger partial charge is 0.243 e. The number of carbonyl (C=O) groups is 1. The first-order chi connectivity index (χ1) is 8.72. The number of ether oxygens (including phenoxy) is 1. The summed E-state index contributed by atoms with van der Waals surface area (Å²) in [7, 11) is 1.65. The average Bonchev–Trinajstić information content (AvgIpc) is 2.43. The Balaban J connectivity index is 2.22. The molecule has 0 spiro atoms. The standard InChI is InChI=1S/C15H15NO2/c1-3-15(17)16-10-11-4-5-13-9-14(18-2)7-6-12(13)8-11/h3-9H,1,10H2,2H3,(H,16,17). The van der Waals surface area contributed by atoms with E-state index in [1.165, 1.54) is 6.08 Å². The molecule has 0 saturated heterocycles. The van der Waals surface area contributed by atoms with Gasteiger partial charge < -0.3 is 10.1 Å². The third kappa shape index (κ3) is 2.69. The molecule has 0 aliphatic carbocycles. The third-order valence-corrected chi connectivity index (χ3v) is 2.76. The van der Waals surface area contributed by atoms with Crippen molar-refractivity contribution in [3.05, 3.63) is 54.6 Å². The van der Waals surface area contributed by atoms with E-state index in [1.54, 1.807) is 7.11 Å². The topological polar surface area (TPSA) is 38.3 Å². The highest BCUT2D eigenvalue weighted by atomic mass is 16.5. The lowest BCUT2D eigenvalue weighted by atomic mass is 10.1. The second kappa shape index (κ2) is 5.36. The molecule has 0 saturated carbocycles. The molecule has 0 fully saturated rings. The predicted octanol–water partition coefficient (Wildman–Crippen LogP) is 2.65. The number of benzene rings is 2. The van der Waals surface area contributed by atoms with E-state index in [1.807, 2.05) is 30.3 Å². The van der Waals surface area contributed by atoms with Crippen LogP contribution in [0, 0.1) is 0 Å². The maximum absolute atomic E-state index is 11.1. The molecule has 2 rings (SSSR count). The highest BCUT2D eigenvalue weighted by Crippen LogP contribution is 2.21. The van der Waals surface area contributed by atoms with Crippen LogP contribution in [-0.2, 0) is 11.3 Å². The zero-order chi connectivity index (χ0) is 13.0. The molecule has 92 valence electrons. The minimum Gasteiger partial charge on any atom is -0.497 e. The van der Waals surface area contributed by atoms with Crippen LogP contribution in [0.25, 0.3) is 10.8 Å². The lowest BCUT2D eigenvalue weighted by Crippen LogP contribution is -2.19. The first-order valence-electron chi connectivity index (χ1n) is 5.70. The fraction of sp³-hybridized carbons (Fsp3) is 0.133. The molecule has 0 heterocycles. The molecule has 0 aliphatic rings. The Morgan fingerprint density at radius 3 is 2.72 bits per heavy atom. The summed E-state index contributed by atoms with van der Waals surface area (Å²) in [6.45, 7) is 3.92. The number of amides is 1. The predicted molar refractivity (Wildman–Crippen MR) is 72.5 cm³/mol. The van der Waals surface area contributed by atoms with Crippen molar-refractivity contribution in [1.82, 2.24) is 5.32 Å². The maximum atomic E-state index is 11.1. The monoisotopic (exact) mass is 241 g/mol. The quantitative estimate of drug-likeness (QED) is 0.836. The largest absolute Gasteiger partial charge is 0.497 e. The minimum atomic E-state index is -0.162. The van der Waals surface area contributed by atoms with Gasteiger partial charge in [-0.1, -0.05) is 24.8 Å². The molecule has 2 aromatic rings. The molecule has 0 unspecified atom stereocenters. The van der Waals surface area contributed by atoms with E-state index >= 15 is 0 Å². The first kappa shape index (κ1) is 12.2. The van der Waals surface area contributed by atoms with Crippen LogP contribution >= 0.6 is 0 Å². The molecule has 0 radical (unpaired) electrons. The fourth-order valence-electron chi connectivity index (χ4n) is 1.77. The number of rotatable bonds is 4. The molecular weight excluding hydrogens is 226 g/mol. The molecule has 3 heteroatoms. The number of fused-ring (bicyclic) bond motifs is 1. The normalized spacial score (nSPS) is 10.1. The van der Waals surface area contributed by atoms with Crippen molar-refractivity contribution in [2.45, 2.75) is 6.54 Å². The second-order valence-electron chi connectivity index (χ2n) is 3.97. The van der Waals surface area contributed by atoms with Crippen molar-refractivity contribution >= 4 is 16.7 Å². The summed E-state index contributed by atoms with van der Waals surface area (Å²) >= 11 is 0. The second-order valence-corrected chi connectivity index (χ2v) is 3.97. The molecule has 1 amide bonds. The van der Waals surface area contributed by atoms with Crippen molar-refractivity contribution in [2.24, 2.45) is 0 Å². The lowest BCUT2D eigenvalue weighted by molar-refractivity contribution is -0.116. The van der Waals surface area contributed by atoms with Crippen molar-refractivity contribution in [1.29, 1.82) is 0 Å². The number of hydrogen-bond acceptors (Lipinski definition) is 2. The van der Waals surface area contributed by atoms with Gasteiger partial charge >= 0.3 is 0 Å².